The van der Waals surface area contributed by atoms with Crippen molar-refractivity contribution in [3.05, 3.63) is 35.4 Å². The van der Waals surface area contributed by atoms with Gasteiger partial charge in [0.25, 0.3) is 0 Å². The predicted octanol–water partition coefficient (Wildman–Crippen LogP) is 1.93. The normalized spacial score (nSPS) is 21.5. The van der Waals surface area contributed by atoms with Crippen LogP contribution in [0.5, 0.6) is 0 Å². The first kappa shape index (κ1) is 9.41. The Balaban J connectivity index is 2.20. The summed E-state index contributed by atoms with van der Waals surface area (Å²) in [6, 6.07) is 8.24. The molecule has 0 aromatic heterocycles. The molecular formula is C12H14O2. The van der Waals surface area contributed by atoms with Crippen LogP contribution in [0.4, 0.5) is 0 Å². The van der Waals surface area contributed by atoms with Crippen LogP contribution in [-0.2, 0) is 16.0 Å². The maximum atomic E-state index is 11.4. The van der Waals surface area contributed by atoms with E-state index < -0.39 is 0 Å². The number of rotatable bonds is 2. The van der Waals surface area contributed by atoms with Crippen LogP contribution >= 0.6 is 0 Å². The lowest BCUT2D eigenvalue weighted by molar-refractivity contribution is -0.118. The lowest BCUT2D eigenvalue weighted by atomic mass is 9.96. The van der Waals surface area contributed by atoms with E-state index in [9.17, 15) is 4.79 Å². The van der Waals surface area contributed by atoms with Gasteiger partial charge in [0, 0.05) is 0 Å². The first-order valence-corrected chi connectivity index (χ1v) is 5.00. The number of ether oxygens (including phenoxy) is 1. The zero-order valence-electron chi connectivity index (χ0n) is 8.32. The lowest BCUT2D eigenvalue weighted by Gasteiger charge is -2.06. The molecule has 1 heterocycles. The highest BCUT2D eigenvalue weighted by Gasteiger charge is 2.26. The Morgan fingerprint density at radius 2 is 2.07 bits per heavy atom. The monoisotopic (exact) mass is 190 g/mol. The Morgan fingerprint density at radius 1 is 1.36 bits per heavy atom. The predicted molar refractivity (Wildman–Crippen MR) is 54.4 cm³/mol. The molecule has 0 radical (unpaired) electrons. The van der Waals surface area contributed by atoms with Gasteiger partial charge in [-0.2, -0.15) is 0 Å². The van der Waals surface area contributed by atoms with Crippen molar-refractivity contribution in [2.75, 3.05) is 13.2 Å². The SMILES string of the molecule is CCc1ccc([C@@H]2COCC2=O)cc1. The molecule has 0 amide bonds. The van der Waals surface area contributed by atoms with Crippen molar-refractivity contribution in [1.82, 2.24) is 0 Å². The average molecular weight is 190 g/mol. The zero-order valence-corrected chi connectivity index (χ0v) is 8.32. The van der Waals surface area contributed by atoms with E-state index >= 15 is 0 Å². The zero-order chi connectivity index (χ0) is 9.97. The molecular weight excluding hydrogens is 176 g/mol. The van der Waals surface area contributed by atoms with Gasteiger partial charge < -0.3 is 4.74 Å². The molecule has 0 spiro atoms. The van der Waals surface area contributed by atoms with Crippen molar-refractivity contribution in [2.24, 2.45) is 0 Å². The van der Waals surface area contributed by atoms with Crippen LogP contribution in [-0.4, -0.2) is 19.0 Å². The quantitative estimate of drug-likeness (QED) is 0.712. The van der Waals surface area contributed by atoms with Crippen LogP contribution in [0.25, 0.3) is 0 Å². The van der Waals surface area contributed by atoms with Gasteiger partial charge in [-0.15, -0.1) is 0 Å². The Hall–Kier alpha value is -1.15. The molecule has 1 aromatic rings. The van der Waals surface area contributed by atoms with Crippen LogP contribution in [0, 0.1) is 0 Å². The van der Waals surface area contributed by atoms with Crippen LogP contribution < -0.4 is 0 Å². The summed E-state index contributed by atoms with van der Waals surface area (Å²) >= 11 is 0. The van der Waals surface area contributed by atoms with Gasteiger partial charge in [0.15, 0.2) is 5.78 Å². The first-order valence-electron chi connectivity index (χ1n) is 5.00. The number of hydrogen-bond acceptors (Lipinski definition) is 2. The maximum absolute atomic E-state index is 11.4. The molecule has 74 valence electrons. The third kappa shape index (κ3) is 1.70. The summed E-state index contributed by atoms with van der Waals surface area (Å²) in [5.74, 6) is 0.176. The van der Waals surface area contributed by atoms with Crippen molar-refractivity contribution >= 4 is 5.78 Å². The molecule has 0 saturated carbocycles. The molecule has 1 fully saturated rings. The van der Waals surface area contributed by atoms with Gasteiger partial charge in [-0.25, -0.2) is 0 Å². The standard InChI is InChI=1S/C12H14O2/c1-2-9-3-5-10(6-4-9)11-7-14-8-12(11)13/h3-6,11H,2,7-8H2,1H3/t11-/m0/s1. The van der Waals surface area contributed by atoms with E-state index in [0.29, 0.717) is 6.61 Å². The number of ketones is 1. The molecule has 1 aliphatic rings. The second kappa shape index (κ2) is 3.93. The molecule has 1 aliphatic heterocycles. The van der Waals surface area contributed by atoms with Gasteiger partial charge in [0.05, 0.1) is 12.5 Å². The molecule has 1 atom stereocenters. The minimum absolute atomic E-state index is 0.0269. The number of aryl methyl sites for hydroxylation is 1. The van der Waals surface area contributed by atoms with Gasteiger partial charge in [-0.05, 0) is 17.5 Å². The first-order chi connectivity index (χ1) is 6.81. The average Bonchev–Trinajstić information content (AvgIpc) is 2.65. The van der Waals surface area contributed by atoms with Crippen LogP contribution in [0.15, 0.2) is 24.3 Å². The molecule has 1 saturated heterocycles. The summed E-state index contributed by atoms with van der Waals surface area (Å²) in [4.78, 5) is 11.4. The Bertz CT molecular complexity index is 327. The van der Waals surface area contributed by atoms with Gasteiger partial charge in [0.2, 0.25) is 0 Å². The molecule has 0 N–H and O–H groups in total. The van der Waals surface area contributed by atoms with Gasteiger partial charge in [0.1, 0.15) is 6.61 Å². The fraction of sp³-hybridized carbons (Fsp3) is 0.417. The molecule has 2 nitrogen and oxygen atoms in total. The molecule has 1 aromatic carbocycles. The van der Waals surface area contributed by atoms with Crippen molar-refractivity contribution in [3.8, 4) is 0 Å². The second-order valence-corrected chi connectivity index (χ2v) is 3.63. The van der Waals surface area contributed by atoms with Crippen LogP contribution in [0.1, 0.15) is 24.0 Å². The lowest BCUT2D eigenvalue weighted by Crippen LogP contribution is -2.08. The number of Topliss-reactive ketones (excluding diaryl/α,β-unsaturated/α-hetero) is 1. The van der Waals surface area contributed by atoms with Crippen molar-refractivity contribution < 1.29 is 9.53 Å². The van der Waals surface area contributed by atoms with Gasteiger partial charge >= 0.3 is 0 Å². The van der Waals surface area contributed by atoms with Gasteiger partial charge in [-0.1, -0.05) is 31.2 Å². The highest BCUT2D eigenvalue weighted by molar-refractivity contribution is 5.88. The van der Waals surface area contributed by atoms with Crippen molar-refractivity contribution in [1.29, 1.82) is 0 Å². The van der Waals surface area contributed by atoms with E-state index in [1.54, 1.807) is 0 Å². The van der Waals surface area contributed by atoms with Crippen molar-refractivity contribution in [3.63, 3.8) is 0 Å². The number of hydrogen-bond donors (Lipinski definition) is 0. The summed E-state index contributed by atoms with van der Waals surface area (Å²) in [6.45, 7) is 2.95. The number of carbonyl (C=O) groups is 1. The minimum atomic E-state index is -0.0269. The van der Waals surface area contributed by atoms with Crippen molar-refractivity contribution in [2.45, 2.75) is 19.3 Å². The van der Waals surface area contributed by atoms with Crippen LogP contribution in [0.3, 0.4) is 0 Å². The minimum Gasteiger partial charge on any atom is -0.373 e. The summed E-state index contributed by atoms with van der Waals surface area (Å²) in [5.41, 5.74) is 2.39. The van der Waals surface area contributed by atoms with E-state index in [0.717, 1.165) is 12.0 Å². The molecule has 2 heteroatoms. The molecule has 0 unspecified atom stereocenters. The van der Waals surface area contributed by atoms with Gasteiger partial charge in [-0.3, -0.25) is 4.79 Å². The third-order valence-electron chi connectivity index (χ3n) is 2.71. The highest BCUT2D eigenvalue weighted by Crippen LogP contribution is 2.22. The highest BCUT2D eigenvalue weighted by atomic mass is 16.5. The maximum Gasteiger partial charge on any atom is 0.168 e. The fourth-order valence-electron chi connectivity index (χ4n) is 1.74. The molecule has 0 bridgehead atoms. The Morgan fingerprint density at radius 3 is 2.57 bits per heavy atom. The molecule has 0 aliphatic carbocycles. The van der Waals surface area contributed by atoms with Crippen LogP contribution in [0.2, 0.25) is 0 Å². The smallest absolute Gasteiger partial charge is 0.168 e. The Labute approximate surface area is 83.9 Å². The number of benzene rings is 1. The van der Waals surface area contributed by atoms with E-state index in [-0.39, 0.29) is 18.3 Å². The topological polar surface area (TPSA) is 26.3 Å². The molecule has 2 rings (SSSR count). The van der Waals surface area contributed by atoms with E-state index in [4.69, 9.17) is 4.74 Å². The van der Waals surface area contributed by atoms with E-state index in [1.807, 2.05) is 12.1 Å². The fourth-order valence-corrected chi connectivity index (χ4v) is 1.74. The third-order valence-corrected chi connectivity index (χ3v) is 2.71. The second-order valence-electron chi connectivity index (χ2n) is 3.63. The summed E-state index contributed by atoms with van der Waals surface area (Å²) in [5, 5.41) is 0. The summed E-state index contributed by atoms with van der Waals surface area (Å²) in [6.07, 6.45) is 1.04. The number of carbonyl (C=O) groups excluding carboxylic acids is 1. The summed E-state index contributed by atoms with van der Waals surface area (Å²) in [7, 11) is 0. The Kier molecular flexibility index (Phi) is 2.64. The summed E-state index contributed by atoms with van der Waals surface area (Å²) < 4.78 is 5.13. The van der Waals surface area contributed by atoms with E-state index in [1.165, 1.54) is 5.56 Å². The van der Waals surface area contributed by atoms with E-state index in [2.05, 4.69) is 19.1 Å². The largest absolute Gasteiger partial charge is 0.373 e. The molecule has 14 heavy (non-hydrogen) atoms.